The van der Waals surface area contributed by atoms with Gasteiger partial charge in [-0.2, -0.15) is 0 Å². The quantitative estimate of drug-likeness (QED) is 0.546. The van der Waals surface area contributed by atoms with Crippen LogP contribution in [0.4, 0.5) is 5.82 Å². The van der Waals surface area contributed by atoms with Crippen LogP contribution in [0.1, 0.15) is 25.3 Å². The Balaban J connectivity index is 1.30. The molecule has 172 valence electrons. The topological polar surface area (TPSA) is 67.8 Å². The van der Waals surface area contributed by atoms with Crippen molar-refractivity contribution in [3.05, 3.63) is 66.2 Å². The fraction of sp³-hybridized carbons (Fsp3) is 0.346. The number of carbonyl (C=O) groups excluding carboxylic acids is 1. The summed E-state index contributed by atoms with van der Waals surface area (Å²) in [5, 5.41) is 8.80. The number of nitrogens with zero attached hydrogens (tertiary/aromatic N) is 4. The van der Waals surface area contributed by atoms with Gasteiger partial charge >= 0.3 is 0 Å². The zero-order chi connectivity index (χ0) is 23.2. The summed E-state index contributed by atoms with van der Waals surface area (Å²) in [5.41, 5.74) is 2.92. The Kier molecular flexibility index (Phi) is 7.07. The smallest absolute Gasteiger partial charge is 0.260 e. The number of amides is 1. The number of para-hydroxylation sites is 1. The largest absolute Gasteiger partial charge is 0.497 e. The van der Waals surface area contributed by atoms with Crippen LogP contribution in [0.2, 0.25) is 0 Å². The first-order chi connectivity index (χ1) is 16.0. The van der Waals surface area contributed by atoms with Crippen LogP contribution in [0, 0.1) is 0 Å². The number of rotatable bonds is 7. The Hall–Kier alpha value is -3.61. The zero-order valence-corrected chi connectivity index (χ0v) is 19.4. The van der Waals surface area contributed by atoms with Crippen LogP contribution < -0.4 is 14.4 Å². The first kappa shape index (κ1) is 22.6. The van der Waals surface area contributed by atoms with E-state index in [2.05, 4.69) is 28.9 Å². The number of hydrogen-bond donors (Lipinski definition) is 0. The van der Waals surface area contributed by atoms with Gasteiger partial charge in [0, 0.05) is 31.7 Å². The molecule has 2 heterocycles. The van der Waals surface area contributed by atoms with Crippen molar-refractivity contribution in [2.24, 2.45) is 0 Å². The molecule has 0 N–H and O–H groups in total. The van der Waals surface area contributed by atoms with Crippen molar-refractivity contribution in [3.63, 3.8) is 0 Å². The Morgan fingerprint density at radius 1 is 0.939 bits per heavy atom. The van der Waals surface area contributed by atoms with Crippen LogP contribution in [0.25, 0.3) is 11.3 Å². The lowest BCUT2D eigenvalue weighted by Crippen LogP contribution is -2.50. The van der Waals surface area contributed by atoms with Gasteiger partial charge in [0.25, 0.3) is 5.91 Å². The van der Waals surface area contributed by atoms with Crippen LogP contribution in [-0.2, 0) is 4.79 Å². The minimum Gasteiger partial charge on any atom is -0.497 e. The third kappa shape index (κ3) is 5.42. The molecule has 2 aromatic carbocycles. The summed E-state index contributed by atoms with van der Waals surface area (Å²) in [7, 11) is 1.65. The maximum absolute atomic E-state index is 12.7. The molecule has 0 saturated carbocycles. The van der Waals surface area contributed by atoms with Gasteiger partial charge in [0.15, 0.2) is 12.4 Å². The second-order valence-corrected chi connectivity index (χ2v) is 8.35. The molecule has 0 bridgehead atoms. The Morgan fingerprint density at radius 3 is 2.30 bits per heavy atom. The highest BCUT2D eigenvalue weighted by Crippen LogP contribution is 2.26. The van der Waals surface area contributed by atoms with E-state index in [1.54, 1.807) is 7.11 Å². The van der Waals surface area contributed by atoms with Crippen molar-refractivity contribution in [2.75, 3.05) is 44.8 Å². The molecule has 0 spiro atoms. The van der Waals surface area contributed by atoms with E-state index in [0.717, 1.165) is 34.1 Å². The van der Waals surface area contributed by atoms with E-state index in [1.165, 1.54) is 0 Å². The first-order valence-electron chi connectivity index (χ1n) is 11.3. The van der Waals surface area contributed by atoms with Crippen molar-refractivity contribution < 1.29 is 14.3 Å². The van der Waals surface area contributed by atoms with E-state index in [0.29, 0.717) is 32.1 Å². The molecule has 4 rings (SSSR count). The second kappa shape index (κ2) is 10.3. The van der Waals surface area contributed by atoms with E-state index in [-0.39, 0.29) is 12.5 Å². The number of piperazine rings is 1. The van der Waals surface area contributed by atoms with Gasteiger partial charge in [-0.25, -0.2) is 0 Å². The summed E-state index contributed by atoms with van der Waals surface area (Å²) >= 11 is 0. The molecular formula is C26H30N4O3. The van der Waals surface area contributed by atoms with Crippen LogP contribution in [-0.4, -0.2) is 60.9 Å². The van der Waals surface area contributed by atoms with Gasteiger partial charge in [0.05, 0.1) is 12.8 Å². The molecule has 7 heteroatoms. The maximum Gasteiger partial charge on any atom is 0.260 e. The lowest BCUT2D eigenvalue weighted by Gasteiger charge is -2.35. The van der Waals surface area contributed by atoms with Crippen molar-refractivity contribution >= 4 is 11.7 Å². The standard InChI is InChI=1S/C26H30N4O3/c1-19(2)22-6-4-5-7-24(22)33-18-26(31)30-16-14-29(15-17-30)25-13-12-23(27-28-25)20-8-10-21(32-3)11-9-20/h4-13,19H,14-18H2,1-3H3. The summed E-state index contributed by atoms with van der Waals surface area (Å²) in [5.74, 6) is 2.77. The molecule has 1 amide bonds. The van der Waals surface area contributed by atoms with Crippen LogP contribution in [0.5, 0.6) is 11.5 Å². The molecule has 0 atom stereocenters. The number of methoxy groups -OCH3 is 1. The molecule has 33 heavy (non-hydrogen) atoms. The van der Waals surface area contributed by atoms with Crippen molar-refractivity contribution in [3.8, 4) is 22.8 Å². The van der Waals surface area contributed by atoms with Gasteiger partial charge < -0.3 is 19.3 Å². The average Bonchev–Trinajstić information content (AvgIpc) is 2.87. The number of hydrogen-bond acceptors (Lipinski definition) is 6. The Morgan fingerprint density at radius 2 is 1.67 bits per heavy atom. The van der Waals surface area contributed by atoms with Gasteiger partial charge in [0.2, 0.25) is 0 Å². The summed E-state index contributed by atoms with van der Waals surface area (Å²) < 4.78 is 11.1. The molecular weight excluding hydrogens is 416 g/mol. The molecule has 7 nitrogen and oxygen atoms in total. The van der Waals surface area contributed by atoms with Crippen LogP contribution in [0.3, 0.4) is 0 Å². The lowest BCUT2D eigenvalue weighted by molar-refractivity contribution is -0.133. The van der Waals surface area contributed by atoms with E-state index in [9.17, 15) is 4.79 Å². The molecule has 3 aromatic rings. The van der Waals surface area contributed by atoms with Gasteiger partial charge in [-0.1, -0.05) is 32.0 Å². The highest BCUT2D eigenvalue weighted by molar-refractivity contribution is 5.78. The fourth-order valence-electron chi connectivity index (χ4n) is 3.91. The maximum atomic E-state index is 12.7. The highest BCUT2D eigenvalue weighted by Gasteiger charge is 2.23. The molecule has 0 radical (unpaired) electrons. The van der Waals surface area contributed by atoms with Gasteiger partial charge in [-0.15, -0.1) is 10.2 Å². The van der Waals surface area contributed by atoms with Crippen molar-refractivity contribution in [1.29, 1.82) is 0 Å². The second-order valence-electron chi connectivity index (χ2n) is 8.35. The summed E-state index contributed by atoms with van der Waals surface area (Å²) in [6, 6.07) is 19.6. The number of benzene rings is 2. The average molecular weight is 447 g/mol. The van der Waals surface area contributed by atoms with Crippen molar-refractivity contribution in [1.82, 2.24) is 15.1 Å². The van der Waals surface area contributed by atoms with E-state index >= 15 is 0 Å². The first-order valence-corrected chi connectivity index (χ1v) is 11.3. The number of anilines is 1. The third-order valence-electron chi connectivity index (χ3n) is 5.88. The number of aromatic nitrogens is 2. The van der Waals surface area contributed by atoms with E-state index in [1.807, 2.05) is 65.6 Å². The molecule has 1 aromatic heterocycles. The molecule has 0 unspecified atom stereocenters. The SMILES string of the molecule is COc1ccc(-c2ccc(N3CCN(C(=O)COc4ccccc4C(C)C)CC3)nn2)cc1. The van der Waals surface area contributed by atoms with Crippen LogP contribution >= 0.6 is 0 Å². The Labute approximate surface area is 195 Å². The van der Waals surface area contributed by atoms with Gasteiger partial charge in [-0.3, -0.25) is 4.79 Å². The van der Waals surface area contributed by atoms with E-state index in [4.69, 9.17) is 9.47 Å². The molecule has 1 aliphatic rings. The predicted octanol–water partition coefficient (Wildman–Crippen LogP) is 4.00. The monoisotopic (exact) mass is 446 g/mol. The lowest BCUT2D eigenvalue weighted by atomic mass is 10.0. The number of carbonyl (C=O) groups is 1. The highest BCUT2D eigenvalue weighted by atomic mass is 16.5. The molecule has 1 saturated heterocycles. The molecule has 1 fully saturated rings. The van der Waals surface area contributed by atoms with Gasteiger partial charge in [0.1, 0.15) is 11.5 Å². The summed E-state index contributed by atoms with van der Waals surface area (Å²) in [6.45, 7) is 6.99. The Bertz CT molecular complexity index is 1060. The minimum absolute atomic E-state index is 0.00847. The van der Waals surface area contributed by atoms with Crippen LogP contribution in [0.15, 0.2) is 60.7 Å². The zero-order valence-electron chi connectivity index (χ0n) is 19.4. The molecule has 1 aliphatic heterocycles. The summed E-state index contributed by atoms with van der Waals surface area (Å²) in [6.07, 6.45) is 0. The summed E-state index contributed by atoms with van der Waals surface area (Å²) in [4.78, 5) is 16.7. The van der Waals surface area contributed by atoms with E-state index < -0.39 is 0 Å². The van der Waals surface area contributed by atoms with Crippen molar-refractivity contribution in [2.45, 2.75) is 19.8 Å². The third-order valence-corrected chi connectivity index (χ3v) is 5.88. The fourth-order valence-corrected chi connectivity index (χ4v) is 3.91. The normalized spacial score (nSPS) is 13.8. The van der Waals surface area contributed by atoms with Gasteiger partial charge in [-0.05, 0) is 53.9 Å². The molecule has 0 aliphatic carbocycles. The minimum atomic E-state index is 0.00847. The predicted molar refractivity (Wildman–Crippen MR) is 129 cm³/mol. The number of ether oxygens (including phenoxy) is 2.